The number of pyridine rings is 1. The number of hydrogen-bond donors (Lipinski definition) is 0. The number of rotatable bonds is 6. The van der Waals surface area contributed by atoms with Crippen LogP contribution in [0.1, 0.15) is 25.8 Å². The first-order valence-corrected chi connectivity index (χ1v) is 12.0. The van der Waals surface area contributed by atoms with Crippen LogP contribution in [0.2, 0.25) is 0 Å². The van der Waals surface area contributed by atoms with Crippen LogP contribution < -0.4 is 0 Å². The van der Waals surface area contributed by atoms with Gasteiger partial charge in [-0.3, -0.25) is 9.78 Å². The highest BCUT2D eigenvalue weighted by Crippen LogP contribution is 2.24. The molecule has 0 bridgehead atoms. The maximum Gasteiger partial charge on any atom is 0.409 e. The van der Waals surface area contributed by atoms with E-state index < -0.39 is 0 Å². The third-order valence-corrected chi connectivity index (χ3v) is 5.71. The van der Waals surface area contributed by atoms with E-state index in [0.29, 0.717) is 39.2 Å². The Labute approximate surface area is 205 Å². The van der Waals surface area contributed by atoms with E-state index in [0.717, 1.165) is 22.5 Å². The summed E-state index contributed by atoms with van der Waals surface area (Å²) in [5.41, 5.74) is 3.38. The van der Waals surface area contributed by atoms with Gasteiger partial charge in [0.2, 0.25) is 5.91 Å². The van der Waals surface area contributed by atoms with E-state index in [1.807, 2.05) is 62.5 Å². The predicted octanol–water partition coefficient (Wildman–Crippen LogP) is 4.27. The van der Waals surface area contributed by atoms with E-state index >= 15 is 0 Å². The number of hydrogen-bond acceptors (Lipinski definition) is 5. The maximum absolute atomic E-state index is 13.0. The molecule has 182 valence electrons. The Morgan fingerprint density at radius 2 is 1.80 bits per heavy atom. The molecule has 0 saturated carbocycles. The lowest BCUT2D eigenvalue weighted by atomic mass is 10.1. The zero-order valence-corrected chi connectivity index (χ0v) is 20.2. The third-order valence-electron chi connectivity index (χ3n) is 5.71. The summed E-state index contributed by atoms with van der Waals surface area (Å²) in [6.07, 6.45) is 9.18. The fourth-order valence-electron chi connectivity index (χ4n) is 3.87. The minimum atomic E-state index is -0.307. The number of carbonyl (C=O) groups excluding carboxylic acids is 2. The standard InChI is InChI=1S/C27H31N5O3/c1-21(2)20-35-27(34)31-15-7-14-30(16-17-31)25(33)12-11-23-19-32(24-9-4-3-5-10-24)29-26(23)22-8-6-13-28-18-22/h3-6,8-13,18-19,21H,7,14-17,20H2,1-2H3/b12-11+. The Balaban J connectivity index is 1.47. The van der Waals surface area contributed by atoms with Gasteiger partial charge in [0, 0.05) is 62.0 Å². The fourth-order valence-corrected chi connectivity index (χ4v) is 3.87. The summed E-state index contributed by atoms with van der Waals surface area (Å²) in [4.78, 5) is 33.0. The van der Waals surface area contributed by atoms with Gasteiger partial charge in [-0.2, -0.15) is 5.10 Å². The van der Waals surface area contributed by atoms with Crippen LogP contribution in [-0.4, -0.2) is 69.4 Å². The average molecular weight is 474 g/mol. The van der Waals surface area contributed by atoms with Gasteiger partial charge >= 0.3 is 6.09 Å². The number of para-hydroxylation sites is 1. The highest BCUT2D eigenvalue weighted by molar-refractivity contribution is 5.93. The molecule has 1 aliphatic rings. The van der Waals surface area contributed by atoms with Crippen LogP contribution in [0.15, 0.2) is 67.1 Å². The van der Waals surface area contributed by atoms with Crippen molar-refractivity contribution in [2.24, 2.45) is 5.92 Å². The maximum atomic E-state index is 13.0. The van der Waals surface area contributed by atoms with Crippen molar-refractivity contribution in [3.63, 3.8) is 0 Å². The first-order chi connectivity index (χ1) is 17.0. The van der Waals surface area contributed by atoms with Gasteiger partial charge in [-0.25, -0.2) is 9.48 Å². The van der Waals surface area contributed by atoms with Crippen LogP contribution in [0.3, 0.4) is 0 Å². The topological polar surface area (TPSA) is 80.6 Å². The second-order valence-corrected chi connectivity index (χ2v) is 8.92. The molecule has 4 rings (SSSR count). The zero-order chi connectivity index (χ0) is 24.6. The van der Waals surface area contributed by atoms with Gasteiger partial charge in [0.05, 0.1) is 12.3 Å². The van der Waals surface area contributed by atoms with Gasteiger partial charge in [-0.1, -0.05) is 32.0 Å². The molecule has 2 aromatic heterocycles. The summed E-state index contributed by atoms with van der Waals surface area (Å²) in [5.74, 6) is 0.198. The number of carbonyl (C=O) groups is 2. The van der Waals surface area contributed by atoms with Gasteiger partial charge < -0.3 is 14.5 Å². The molecule has 2 amide bonds. The number of amides is 2. The number of ether oxygens (including phenoxy) is 1. The molecule has 0 unspecified atom stereocenters. The minimum absolute atomic E-state index is 0.0907. The van der Waals surface area contributed by atoms with Gasteiger partial charge in [0.1, 0.15) is 5.69 Å². The molecule has 1 aromatic carbocycles. The second-order valence-electron chi connectivity index (χ2n) is 8.92. The molecule has 0 spiro atoms. The molecule has 1 saturated heterocycles. The Bertz CT molecular complexity index is 1160. The van der Waals surface area contributed by atoms with Crippen LogP contribution in [0.4, 0.5) is 4.79 Å². The van der Waals surface area contributed by atoms with E-state index in [9.17, 15) is 9.59 Å². The first kappa shape index (κ1) is 24.2. The quantitative estimate of drug-likeness (QED) is 0.500. The summed E-state index contributed by atoms with van der Waals surface area (Å²) in [6.45, 7) is 6.52. The minimum Gasteiger partial charge on any atom is -0.449 e. The molecule has 1 fully saturated rings. The van der Waals surface area contributed by atoms with Crippen molar-refractivity contribution >= 4 is 18.1 Å². The van der Waals surface area contributed by atoms with Crippen molar-refractivity contribution in [1.29, 1.82) is 0 Å². The molecule has 8 nitrogen and oxygen atoms in total. The molecular weight excluding hydrogens is 442 g/mol. The van der Waals surface area contributed by atoms with Crippen LogP contribution in [0.25, 0.3) is 23.0 Å². The Kier molecular flexibility index (Phi) is 7.92. The molecule has 8 heteroatoms. The Hall–Kier alpha value is -3.94. The van der Waals surface area contributed by atoms with Gasteiger partial charge in [-0.05, 0) is 42.7 Å². The highest BCUT2D eigenvalue weighted by Gasteiger charge is 2.22. The number of nitrogens with zero attached hydrogens (tertiary/aromatic N) is 5. The van der Waals surface area contributed by atoms with E-state index in [1.165, 1.54) is 0 Å². The van der Waals surface area contributed by atoms with Crippen molar-refractivity contribution in [1.82, 2.24) is 24.6 Å². The van der Waals surface area contributed by atoms with Gasteiger partial charge in [0.15, 0.2) is 0 Å². The van der Waals surface area contributed by atoms with Crippen molar-refractivity contribution < 1.29 is 14.3 Å². The molecule has 35 heavy (non-hydrogen) atoms. The summed E-state index contributed by atoms with van der Waals surface area (Å²) in [7, 11) is 0. The molecule has 0 aliphatic carbocycles. The van der Waals surface area contributed by atoms with Crippen LogP contribution in [-0.2, 0) is 9.53 Å². The van der Waals surface area contributed by atoms with Gasteiger partial charge in [-0.15, -0.1) is 0 Å². The van der Waals surface area contributed by atoms with Crippen LogP contribution >= 0.6 is 0 Å². The monoisotopic (exact) mass is 473 g/mol. The van der Waals surface area contributed by atoms with Crippen LogP contribution in [0, 0.1) is 5.92 Å². The Morgan fingerprint density at radius 1 is 1.03 bits per heavy atom. The van der Waals surface area contributed by atoms with Crippen molar-refractivity contribution in [3.8, 4) is 16.9 Å². The first-order valence-electron chi connectivity index (χ1n) is 12.0. The fraction of sp³-hybridized carbons (Fsp3) is 0.333. The summed E-state index contributed by atoms with van der Waals surface area (Å²) < 4.78 is 7.15. The van der Waals surface area contributed by atoms with Gasteiger partial charge in [0.25, 0.3) is 0 Å². The summed E-state index contributed by atoms with van der Waals surface area (Å²) in [6, 6.07) is 13.7. The lowest BCUT2D eigenvalue weighted by Crippen LogP contribution is -2.37. The smallest absolute Gasteiger partial charge is 0.409 e. The van der Waals surface area contributed by atoms with Crippen molar-refractivity contribution in [3.05, 3.63) is 72.7 Å². The van der Waals surface area contributed by atoms with E-state index in [4.69, 9.17) is 9.84 Å². The van der Waals surface area contributed by atoms with E-state index in [1.54, 1.807) is 39.0 Å². The third kappa shape index (κ3) is 6.35. The molecule has 1 aliphatic heterocycles. The lowest BCUT2D eigenvalue weighted by molar-refractivity contribution is -0.125. The summed E-state index contributed by atoms with van der Waals surface area (Å²) >= 11 is 0. The normalized spacial score (nSPS) is 14.4. The van der Waals surface area contributed by atoms with Crippen molar-refractivity contribution in [2.75, 3.05) is 32.8 Å². The second kappa shape index (κ2) is 11.5. The molecule has 0 N–H and O–H groups in total. The van der Waals surface area contributed by atoms with E-state index in [-0.39, 0.29) is 17.9 Å². The Morgan fingerprint density at radius 3 is 2.54 bits per heavy atom. The summed E-state index contributed by atoms with van der Waals surface area (Å²) in [5, 5.41) is 4.76. The largest absolute Gasteiger partial charge is 0.449 e. The SMILES string of the molecule is CC(C)COC(=O)N1CCCN(C(=O)/C=C/c2cn(-c3ccccc3)nc2-c2cccnc2)CC1. The number of benzene rings is 1. The van der Waals surface area contributed by atoms with Crippen molar-refractivity contribution in [2.45, 2.75) is 20.3 Å². The molecular formula is C27H31N5O3. The zero-order valence-electron chi connectivity index (χ0n) is 20.2. The molecule has 0 atom stereocenters. The lowest BCUT2D eigenvalue weighted by Gasteiger charge is -2.21. The average Bonchev–Trinajstić information content (AvgIpc) is 3.15. The highest BCUT2D eigenvalue weighted by atomic mass is 16.6. The molecule has 3 aromatic rings. The van der Waals surface area contributed by atoms with E-state index in [2.05, 4.69) is 4.98 Å². The molecule has 0 radical (unpaired) electrons. The van der Waals surface area contributed by atoms with Crippen LogP contribution in [0.5, 0.6) is 0 Å². The predicted molar refractivity (Wildman–Crippen MR) is 135 cm³/mol. The molecule has 3 heterocycles. The number of aromatic nitrogens is 3.